The molecule has 0 unspecified atom stereocenters. The van der Waals surface area contributed by atoms with Crippen molar-refractivity contribution in [3.63, 3.8) is 0 Å². The first-order chi connectivity index (χ1) is 13.2. The summed E-state index contributed by atoms with van der Waals surface area (Å²) < 4.78 is 5.29. The lowest BCUT2D eigenvalue weighted by atomic mass is 10.2. The fraction of sp³-hybridized carbons (Fsp3) is 0.190. The molecule has 0 saturated heterocycles. The van der Waals surface area contributed by atoms with Crippen LogP contribution in [0.1, 0.15) is 21.9 Å². The number of ether oxygens (including phenoxy) is 1. The Labute approximate surface area is 157 Å². The molecule has 2 aromatic carbocycles. The Hall–Kier alpha value is -3.41. The van der Waals surface area contributed by atoms with Gasteiger partial charge in [0.05, 0.1) is 12.8 Å². The molecule has 1 N–H and O–H groups in total. The van der Waals surface area contributed by atoms with E-state index < -0.39 is 0 Å². The van der Waals surface area contributed by atoms with Crippen LogP contribution in [0.3, 0.4) is 0 Å². The highest BCUT2D eigenvalue weighted by molar-refractivity contribution is 6.04. The van der Waals surface area contributed by atoms with Crippen LogP contribution in [-0.2, 0) is 6.42 Å². The third-order valence-electron chi connectivity index (χ3n) is 4.58. The summed E-state index contributed by atoms with van der Waals surface area (Å²) in [6.45, 7) is 2.63. The smallest absolute Gasteiger partial charge is 0.274 e. The number of methoxy groups -OCH3 is 1. The van der Waals surface area contributed by atoms with Crippen molar-refractivity contribution in [3.8, 4) is 5.75 Å². The Morgan fingerprint density at radius 2 is 1.89 bits per heavy atom. The molecule has 1 aliphatic rings. The van der Waals surface area contributed by atoms with E-state index in [1.807, 2.05) is 24.3 Å². The highest BCUT2D eigenvalue weighted by Gasteiger charge is 2.23. The normalized spacial score (nSPS) is 12.6. The summed E-state index contributed by atoms with van der Waals surface area (Å²) >= 11 is 0. The van der Waals surface area contributed by atoms with Crippen molar-refractivity contribution in [2.75, 3.05) is 23.9 Å². The zero-order valence-corrected chi connectivity index (χ0v) is 15.3. The van der Waals surface area contributed by atoms with Gasteiger partial charge in [-0.1, -0.05) is 30.3 Å². The zero-order chi connectivity index (χ0) is 18.8. The van der Waals surface area contributed by atoms with E-state index >= 15 is 0 Å². The number of amides is 1. The number of benzene rings is 2. The van der Waals surface area contributed by atoms with E-state index in [-0.39, 0.29) is 5.91 Å². The molecule has 136 valence electrons. The molecule has 0 fully saturated rings. The Kier molecular flexibility index (Phi) is 4.46. The van der Waals surface area contributed by atoms with Gasteiger partial charge in [-0.3, -0.25) is 4.79 Å². The molecule has 0 saturated carbocycles. The molecule has 0 bridgehead atoms. The molecule has 0 radical (unpaired) electrons. The van der Waals surface area contributed by atoms with Crippen LogP contribution in [0.5, 0.6) is 5.75 Å². The number of hydrogen-bond donors (Lipinski definition) is 1. The standard InChI is InChI=1S/C21H20N4O2/c1-14-22-17(21(26)24-16-8-4-6-10-19(16)27-2)13-20(23-14)25-12-11-15-7-3-5-9-18(15)25/h3-10,13H,11-12H2,1-2H3,(H,24,26). The van der Waals surface area contributed by atoms with Crippen LogP contribution < -0.4 is 15.0 Å². The number of fused-ring (bicyclic) bond motifs is 1. The SMILES string of the molecule is COc1ccccc1NC(=O)c1cc(N2CCc3ccccc32)nc(C)n1. The summed E-state index contributed by atoms with van der Waals surface area (Å²) in [5.74, 6) is 1.60. The number of aryl methyl sites for hydroxylation is 1. The van der Waals surface area contributed by atoms with Crippen LogP contribution in [0.15, 0.2) is 54.6 Å². The minimum Gasteiger partial charge on any atom is -0.495 e. The molecule has 0 spiro atoms. The topological polar surface area (TPSA) is 67.3 Å². The fourth-order valence-electron chi connectivity index (χ4n) is 3.32. The van der Waals surface area contributed by atoms with Gasteiger partial charge in [0, 0.05) is 18.3 Å². The van der Waals surface area contributed by atoms with E-state index in [0.717, 1.165) is 24.5 Å². The Morgan fingerprint density at radius 1 is 1.11 bits per heavy atom. The Balaban J connectivity index is 1.64. The molecular weight excluding hydrogens is 340 g/mol. The molecule has 6 nitrogen and oxygen atoms in total. The van der Waals surface area contributed by atoms with Gasteiger partial charge in [-0.05, 0) is 37.1 Å². The van der Waals surface area contributed by atoms with Crippen LogP contribution in [-0.4, -0.2) is 29.5 Å². The average molecular weight is 360 g/mol. The number of aromatic nitrogens is 2. The van der Waals surface area contributed by atoms with Gasteiger partial charge in [-0.25, -0.2) is 9.97 Å². The predicted molar refractivity (Wildman–Crippen MR) is 105 cm³/mol. The average Bonchev–Trinajstić information content (AvgIpc) is 3.12. The molecular formula is C21H20N4O2. The summed E-state index contributed by atoms with van der Waals surface area (Å²) in [5, 5.41) is 2.87. The number of carbonyl (C=O) groups excluding carboxylic acids is 1. The van der Waals surface area contributed by atoms with Gasteiger partial charge in [0.25, 0.3) is 5.91 Å². The number of anilines is 3. The second kappa shape index (κ2) is 7.07. The van der Waals surface area contributed by atoms with Gasteiger partial charge in [-0.2, -0.15) is 0 Å². The molecule has 1 aliphatic heterocycles. The highest BCUT2D eigenvalue weighted by Crippen LogP contribution is 2.33. The summed E-state index contributed by atoms with van der Waals surface area (Å²) in [5.41, 5.74) is 3.35. The van der Waals surface area contributed by atoms with E-state index in [9.17, 15) is 4.79 Å². The second-order valence-corrected chi connectivity index (χ2v) is 6.34. The first kappa shape index (κ1) is 17.0. The lowest BCUT2D eigenvalue weighted by Gasteiger charge is -2.19. The van der Waals surface area contributed by atoms with Gasteiger partial charge in [0.1, 0.15) is 23.1 Å². The van der Waals surface area contributed by atoms with Crippen molar-refractivity contribution in [2.24, 2.45) is 0 Å². The van der Waals surface area contributed by atoms with Gasteiger partial charge in [0.2, 0.25) is 0 Å². The third-order valence-corrected chi connectivity index (χ3v) is 4.58. The Morgan fingerprint density at radius 3 is 2.74 bits per heavy atom. The summed E-state index contributed by atoms with van der Waals surface area (Å²) in [6, 6.07) is 17.3. The van der Waals surface area contributed by atoms with Gasteiger partial charge >= 0.3 is 0 Å². The van der Waals surface area contributed by atoms with Crippen LogP contribution in [0.4, 0.5) is 17.2 Å². The minimum absolute atomic E-state index is 0.293. The molecule has 0 aliphatic carbocycles. The maximum absolute atomic E-state index is 12.8. The van der Waals surface area contributed by atoms with E-state index in [2.05, 4.69) is 32.3 Å². The lowest BCUT2D eigenvalue weighted by molar-refractivity contribution is 0.102. The number of nitrogens with zero attached hydrogens (tertiary/aromatic N) is 3. The van der Waals surface area contributed by atoms with E-state index in [4.69, 9.17) is 4.74 Å². The van der Waals surface area contributed by atoms with Gasteiger partial charge in [0.15, 0.2) is 0 Å². The van der Waals surface area contributed by atoms with E-state index in [1.54, 1.807) is 32.2 Å². The van der Waals surface area contributed by atoms with Crippen molar-refractivity contribution in [1.82, 2.24) is 9.97 Å². The summed E-state index contributed by atoms with van der Waals surface area (Å²) in [4.78, 5) is 23.8. The van der Waals surface area contributed by atoms with Crippen molar-refractivity contribution < 1.29 is 9.53 Å². The maximum atomic E-state index is 12.8. The Bertz CT molecular complexity index is 1000. The second-order valence-electron chi connectivity index (χ2n) is 6.34. The molecule has 2 heterocycles. The quantitative estimate of drug-likeness (QED) is 0.768. The first-order valence-corrected chi connectivity index (χ1v) is 8.81. The van der Waals surface area contributed by atoms with Crippen molar-refractivity contribution in [1.29, 1.82) is 0 Å². The van der Waals surface area contributed by atoms with Crippen LogP contribution >= 0.6 is 0 Å². The minimum atomic E-state index is -0.293. The highest BCUT2D eigenvalue weighted by atomic mass is 16.5. The van der Waals surface area contributed by atoms with Crippen molar-refractivity contribution in [3.05, 3.63) is 71.7 Å². The fourth-order valence-corrected chi connectivity index (χ4v) is 3.32. The van der Waals surface area contributed by atoms with Crippen LogP contribution in [0.25, 0.3) is 0 Å². The molecule has 4 rings (SSSR count). The van der Waals surface area contributed by atoms with E-state index in [1.165, 1.54) is 5.56 Å². The number of nitrogens with one attached hydrogen (secondary N) is 1. The molecule has 1 amide bonds. The number of hydrogen-bond acceptors (Lipinski definition) is 5. The zero-order valence-electron chi connectivity index (χ0n) is 15.3. The summed E-state index contributed by atoms with van der Waals surface area (Å²) in [6.07, 6.45) is 0.960. The first-order valence-electron chi connectivity index (χ1n) is 8.81. The molecule has 0 atom stereocenters. The van der Waals surface area contributed by atoms with Gasteiger partial charge in [-0.15, -0.1) is 0 Å². The van der Waals surface area contributed by atoms with Gasteiger partial charge < -0.3 is 15.0 Å². The van der Waals surface area contributed by atoms with Crippen LogP contribution in [0.2, 0.25) is 0 Å². The third kappa shape index (κ3) is 3.33. The molecule has 1 aromatic heterocycles. The number of para-hydroxylation sites is 3. The van der Waals surface area contributed by atoms with Crippen molar-refractivity contribution >= 4 is 23.1 Å². The van der Waals surface area contributed by atoms with E-state index in [0.29, 0.717) is 23.0 Å². The number of rotatable bonds is 4. The largest absolute Gasteiger partial charge is 0.495 e. The lowest BCUT2D eigenvalue weighted by Crippen LogP contribution is -2.19. The molecule has 27 heavy (non-hydrogen) atoms. The summed E-state index contributed by atoms with van der Waals surface area (Å²) in [7, 11) is 1.57. The number of carbonyl (C=O) groups is 1. The molecule has 3 aromatic rings. The van der Waals surface area contributed by atoms with Crippen molar-refractivity contribution in [2.45, 2.75) is 13.3 Å². The molecule has 6 heteroatoms. The predicted octanol–water partition coefficient (Wildman–Crippen LogP) is 3.74. The monoisotopic (exact) mass is 360 g/mol. The maximum Gasteiger partial charge on any atom is 0.274 e. The van der Waals surface area contributed by atoms with Crippen LogP contribution in [0, 0.1) is 6.92 Å².